The lowest BCUT2D eigenvalue weighted by atomic mass is 10.1. The largest absolute Gasteiger partial charge is 0.369 e. The molecule has 1 fully saturated rings. The van der Waals surface area contributed by atoms with E-state index < -0.39 is 11.3 Å². The van der Waals surface area contributed by atoms with Gasteiger partial charge in [0.05, 0.1) is 0 Å². The molecule has 0 N–H and O–H groups in total. The Morgan fingerprint density at radius 2 is 2.56 bits per heavy atom. The number of carbonyl (C=O) groups excluding carboxylic acids is 1. The van der Waals surface area contributed by atoms with Crippen LogP contribution >= 0.6 is 11.6 Å². The first kappa shape index (κ1) is 7.03. The summed E-state index contributed by atoms with van der Waals surface area (Å²) in [5, 5.41) is -0.415. The van der Waals surface area contributed by atoms with Gasteiger partial charge in [-0.2, -0.15) is 0 Å². The normalized spacial score (nSPS) is 27.9. The Kier molecular flexibility index (Phi) is 2.49. The molecular weight excluding hydrogens is 140 g/mol. The average Bonchev–Trinajstić information content (AvgIpc) is 1.90. The molecule has 9 heavy (non-hydrogen) atoms. The highest BCUT2D eigenvalue weighted by molar-refractivity contribution is 6.64. The predicted molar refractivity (Wildman–Crippen MR) is 33.1 cm³/mol. The van der Waals surface area contributed by atoms with E-state index in [0.29, 0.717) is 13.0 Å². The van der Waals surface area contributed by atoms with Gasteiger partial charge >= 0.3 is 0 Å². The fraction of sp³-hybridized carbons (Fsp3) is 0.667. The van der Waals surface area contributed by atoms with Crippen LogP contribution in [0.2, 0.25) is 0 Å². The maximum Gasteiger partial charge on any atom is 0.250 e. The number of carbonyl (C=O) groups is 1. The zero-order valence-electron chi connectivity index (χ0n) is 4.89. The Bertz CT molecular complexity index is 108. The molecule has 0 aliphatic carbocycles. The smallest absolute Gasteiger partial charge is 0.250 e. The summed E-state index contributed by atoms with van der Waals surface area (Å²) in [7, 11) is 0. The third-order valence-corrected chi connectivity index (χ3v) is 1.42. The first-order valence-electron chi connectivity index (χ1n) is 2.82. The zero-order chi connectivity index (χ0) is 6.69. The zero-order valence-corrected chi connectivity index (χ0v) is 5.65. The van der Waals surface area contributed by atoms with Crippen LogP contribution < -0.4 is 0 Å². The molecule has 0 bridgehead atoms. The molecule has 1 heterocycles. The van der Waals surface area contributed by atoms with Gasteiger partial charge in [-0.15, -0.1) is 0 Å². The third-order valence-electron chi connectivity index (χ3n) is 1.18. The molecule has 1 atom stereocenters. The Morgan fingerprint density at radius 3 is 2.89 bits per heavy atom. The molecule has 0 amide bonds. The van der Waals surface area contributed by atoms with Gasteiger partial charge in [-0.1, -0.05) is 0 Å². The Hall–Kier alpha value is -0.0800. The van der Waals surface area contributed by atoms with Crippen molar-refractivity contribution in [1.29, 1.82) is 0 Å². The lowest BCUT2D eigenvalue weighted by Gasteiger charge is -2.17. The van der Waals surface area contributed by atoms with Gasteiger partial charge in [-0.3, -0.25) is 4.79 Å². The maximum absolute atomic E-state index is 10.4. The maximum atomic E-state index is 10.4. The number of hydrogen-bond donors (Lipinski definition) is 0. The second-order valence-electron chi connectivity index (χ2n) is 1.87. The summed E-state index contributed by atoms with van der Waals surface area (Å²) in [4.78, 5) is 10.4. The lowest BCUT2D eigenvalue weighted by Crippen LogP contribution is -2.24. The minimum atomic E-state index is -0.430. The molecule has 2 radical (unpaired) electrons. The molecule has 3 heteroatoms. The van der Waals surface area contributed by atoms with Crippen molar-refractivity contribution in [2.45, 2.75) is 18.9 Å². The third kappa shape index (κ3) is 1.95. The van der Waals surface area contributed by atoms with Crippen molar-refractivity contribution in [3.05, 3.63) is 6.42 Å². The highest BCUT2D eigenvalue weighted by atomic mass is 35.5. The van der Waals surface area contributed by atoms with Gasteiger partial charge in [-0.25, -0.2) is 0 Å². The van der Waals surface area contributed by atoms with E-state index in [1.54, 1.807) is 0 Å². The molecule has 0 spiro atoms. The average molecular weight is 147 g/mol. The van der Waals surface area contributed by atoms with Crippen molar-refractivity contribution >= 4 is 16.8 Å². The fourth-order valence-corrected chi connectivity index (χ4v) is 0.851. The highest BCUT2D eigenvalue weighted by Gasteiger charge is 2.19. The molecule has 1 aliphatic rings. The van der Waals surface area contributed by atoms with Crippen molar-refractivity contribution in [2.75, 3.05) is 6.61 Å². The van der Waals surface area contributed by atoms with Crippen molar-refractivity contribution in [1.82, 2.24) is 0 Å². The van der Waals surface area contributed by atoms with Crippen molar-refractivity contribution in [2.24, 2.45) is 0 Å². The Morgan fingerprint density at radius 1 is 1.78 bits per heavy atom. The van der Waals surface area contributed by atoms with Crippen molar-refractivity contribution in [3.8, 4) is 0 Å². The predicted octanol–water partition coefficient (Wildman–Crippen LogP) is 1.01. The Balaban J connectivity index is 2.31. The molecule has 0 aromatic carbocycles. The number of hydrogen-bond acceptors (Lipinski definition) is 2. The van der Waals surface area contributed by atoms with Crippen LogP contribution in [0.1, 0.15) is 12.8 Å². The summed E-state index contributed by atoms with van der Waals surface area (Å²) in [6.45, 7) is 0.573. The van der Waals surface area contributed by atoms with E-state index in [9.17, 15) is 4.79 Å². The van der Waals surface area contributed by atoms with Gasteiger partial charge in [0.25, 0.3) is 5.24 Å². The first-order chi connectivity index (χ1) is 4.30. The Labute approximate surface area is 59.1 Å². The summed E-state index contributed by atoms with van der Waals surface area (Å²) in [6.07, 6.45) is 3.91. The SMILES string of the molecule is O=C(Cl)C1C[C]CCO1. The molecule has 50 valence electrons. The summed E-state index contributed by atoms with van der Waals surface area (Å²) in [5.74, 6) is 0. The van der Waals surface area contributed by atoms with Crippen LogP contribution in [0.3, 0.4) is 0 Å². The van der Waals surface area contributed by atoms with E-state index in [-0.39, 0.29) is 0 Å². The van der Waals surface area contributed by atoms with Gasteiger partial charge in [-0.05, 0) is 30.9 Å². The second kappa shape index (κ2) is 3.18. The van der Waals surface area contributed by atoms with Gasteiger partial charge in [0.1, 0.15) is 6.10 Å². The van der Waals surface area contributed by atoms with Gasteiger partial charge in [0.15, 0.2) is 0 Å². The molecule has 0 aromatic rings. The van der Waals surface area contributed by atoms with E-state index in [1.807, 2.05) is 0 Å². The number of rotatable bonds is 1. The van der Waals surface area contributed by atoms with Crippen LogP contribution in [0.15, 0.2) is 0 Å². The molecule has 1 unspecified atom stereocenters. The van der Waals surface area contributed by atoms with E-state index in [4.69, 9.17) is 16.3 Å². The van der Waals surface area contributed by atoms with Crippen LogP contribution in [0, 0.1) is 6.42 Å². The highest BCUT2D eigenvalue weighted by Crippen LogP contribution is 2.13. The van der Waals surface area contributed by atoms with Crippen LogP contribution in [-0.2, 0) is 9.53 Å². The molecule has 1 aliphatic heterocycles. The monoisotopic (exact) mass is 146 g/mol. The van der Waals surface area contributed by atoms with Crippen LogP contribution in [-0.4, -0.2) is 18.0 Å². The minimum Gasteiger partial charge on any atom is -0.369 e. The quantitative estimate of drug-likeness (QED) is 0.517. The van der Waals surface area contributed by atoms with Crippen LogP contribution in [0.25, 0.3) is 0 Å². The molecule has 2 nitrogen and oxygen atoms in total. The van der Waals surface area contributed by atoms with Gasteiger partial charge in [0, 0.05) is 6.61 Å². The first-order valence-corrected chi connectivity index (χ1v) is 3.20. The summed E-state index contributed by atoms with van der Waals surface area (Å²) in [5.41, 5.74) is 0. The fourth-order valence-electron chi connectivity index (χ4n) is 0.711. The lowest BCUT2D eigenvalue weighted by molar-refractivity contribution is -0.123. The van der Waals surface area contributed by atoms with E-state index in [1.165, 1.54) is 0 Å². The minimum absolute atomic E-state index is 0.415. The molecule has 1 rings (SSSR count). The van der Waals surface area contributed by atoms with E-state index >= 15 is 0 Å². The molecule has 1 saturated heterocycles. The molecule has 0 aromatic heterocycles. The number of halogens is 1. The second-order valence-corrected chi connectivity index (χ2v) is 2.24. The van der Waals surface area contributed by atoms with Gasteiger partial charge < -0.3 is 4.74 Å². The van der Waals surface area contributed by atoms with Crippen LogP contribution in [0.4, 0.5) is 0 Å². The summed E-state index contributed by atoms with van der Waals surface area (Å²) >= 11 is 5.15. The summed E-state index contributed by atoms with van der Waals surface area (Å²) in [6, 6.07) is 0. The van der Waals surface area contributed by atoms with Crippen LogP contribution in [0.5, 0.6) is 0 Å². The summed E-state index contributed by atoms with van der Waals surface area (Å²) < 4.78 is 5.00. The van der Waals surface area contributed by atoms with E-state index in [0.717, 1.165) is 6.42 Å². The number of ether oxygens (including phenoxy) is 1. The molecule has 0 saturated carbocycles. The van der Waals surface area contributed by atoms with Gasteiger partial charge in [0.2, 0.25) is 0 Å². The standard InChI is InChI=1S/C6H7ClO2/c7-6(8)5-3-1-2-4-9-5/h5H,2-4H2. The molecular formula is C6H7ClO2. The van der Waals surface area contributed by atoms with Crippen molar-refractivity contribution in [3.63, 3.8) is 0 Å². The van der Waals surface area contributed by atoms with E-state index in [2.05, 4.69) is 6.42 Å². The van der Waals surface area contributed by atoms with Crippen molar-refractivity contribution < 1.29 is 9.53 Å². The topological polar surface area (TPSA) is 26.3 Å².